The van der Waals surface area contributed by atoms with E-state index in [1.54, 1.807) is 0 Å². The Labute approximate surface area is 119 Å². The van der Waals surface area contributed by atoms with E-state index in [0.717, 1.165) is 11.1 Å². The zero-order valence-electron chi connectivity index (χ0n) is 12.1. The fourth-order valence-corrected chi connectivity index (χ4v) is 2.27. The molecule has 1 atom stereocenters. The molecular formula is C15H22N2O3. The summed E-state index contributed by atoms with van der Waals surface area (Å²) in [6, 6.07) is 5.36. The van der Waals surface area contributed by atoms with Crippen molar-refractivity contribution in [3.8, 4) is 5.75 Å². The quantitative estimate of drug-likeness (QED) is 0.864. The van der Waals surface area contributed by atoms with Gasteiger partial charge in [-0.15, -0.1) is 0 Å². The molecule has 0 aromatic heterocycles. The molecule has 0 radical (unpaired) electrons. The Kier molecular flexibility index (Phi) is 4.98. The lowest BCUT2D eigenvalue weighted by Gasteiger charge is -2.29. The smallest absolute Gasteiger partial charge is 0.239 e. The predicted octanol–water partition coefficient (Wildman–Crippen LogP) is 1.04. The number of hydrogen-bond acceptors (Lipinski definition) is 4. The van der Waals surface area contributed by atoms with Crippen molar-refractivity contribution in [3.63, 3.8) is 0 Å². The molecule has 1 aromatic carbocycles. The van der Waals surface area contributed by atoms with Crippen molar-refractivity contribution in [3.05, 3.63) is 29.3 Å². The van der Waals surface area contributed by atoms with Crippen LogP contribution in [0, 0.1) is 6.92 Å². The Morgan fingerprint density at radius 1 is 1.45 bits per heavy atom. The van der Waals surface area contributed by atoms with Crippen LogP contribution in [-0.4, -0.2) is 48.3 Å². The number of nitrogens with zero attached hydrogens (tertiary/aromatic N) is 1. The van der Waals surface area contributed by atoms with Gasteiger partial charge in [-0.1, -0.05) is 18.2 Å². The van der Waals surface area contributed by atoms with E-state index >= 15 is 0 Å². The highest BCUT2D eigenvalue weighted by Crippen LogP contribution is 2.21. The van der Waals surface area contributed by atoms with Crippen LogP contribution in [0.3, 0.4) is 0 Å². The fraction of sp³-hybridized carbons (Fsp3) is 0.533. The van der Waals surface area contributed by atoms with E-state index < -0.39 is 0 Å². The molecule has 1 aliphatic rings. The van der Waals surface area contributed by atoms with Gasteiger partial charge in [0.15, 0.2) is 0 Å². The molecule has 5 heteroatoms. The van der Waals surface area contributed by atoms with Crippen LogP contribution < -0.4 is 5.32 Å². The Morgan fingerprint density at radius 2 is 2.15 bits per heavy atom. The van der Waals surface area contributed by atoms with Crippen LogP contribution >= 0.6 is 0 Å². The maximum absolute atomic E-state index is 12.2. The second kappa shape index (κ2) is 6.72. The maximum atomic E-state index is 12.2. The average molecular weight is 278 g/mol. The molecule has 1 aromatic rings. The molecule has 0 saturated carbocycles. The number of morpholine rings is 1. The average Bonchev–Trinajstić information content (AvgIpc) is 2.48. The molecule has 20 heavy (non-hydrogen) atoms. The van der Waals surface area contributed by atoms with E-state index in [4.69, 9.17) is 4.74 Å². The van der Waals surface area contributed by atoms with Crippen molar-refractivity contribution in [1.82, 2.24) is 10.2 Å². The zero-order valence-corrected chi connectivity index (χ0v) is 12.1. The zero-order chi connectivity index (χ0) is 14.5. The summed E-state index contributed by atoms with van der Waals surface area (Å²) in [6.45, 7) is 6.71. The van der Waals surface area contributed by atoms with Crippen molar-refractivity contribution in [1.29, 1.82) is 0 Å². The van der Waals surface area contributed by atoms with E-state index in [1.165, 1.54) is 0 Å². The molecule has 2 N–H and O–H groups in total. The van der Waals surface area contributed by atoms with E-state index in [0.29, 0.717) is 38.6 Å². The molecular weight excluding hydrogens is 256 g/mol. The van der Waals surface area contributed by atoms with E-state index in [2.05, 4.69) is 5.32 Å². The number of aromatic hydroxyl groups is 1. The summed E-state index contributed by atoms with van der Waals surface area (Å²) >= 11 is 0. The molecule has 5 nitrogen and oxygen atoms in total. The second-order valence-electron chi connectivity index (χ2n) is 5.12. The predicted molar refractivity (Wildman–Crippen MR) is 76.5 cm³/mol. The largest absolute Gasteiger partial charge is 0.507 e. The van der Waals surface area contributed by atoms with E-state index in [1.807, 2.05) is 36.9 Å². The van der Waals surface area contributed by atoms with Crippen molar-refractivity contribution in [2.75, 3.05) is 26.3 Å². The maximum Gasteiger partial charge on any atom is 0.239 e. The number of nitrogens with one attached hydrogen (secondary N) is 1. The van der Waals surface area contributed by atoms with Crippen molar-refractivity contribution < 1.29 is 14.6 Å². The Hall–Kier alpha value is -1.59. The third kappa shape index (κ3) is 3.49. The van der Waals surface area contributed by atoms with Gasteiger partial charge in [0, 0.05) is 25.2 Å². The van der Waals surface area contributed by atoms with Gasteiger partial charge in [0.05, 0.1) is 19.3 Å². The molecule has 1 fully saturated rings. The lowest BCUT2D eigenvalue weighted by Crippen LogP contribution is -2.49. The molecule has 0 spiro atoms. The van der Waals surface area contributed by atoms with Crippen molar-refractivity contribution in [2.24, 2.45) is 0 Å². The van der Waals surface area contributed by atoms with Crippen LogP contribution in [0.15, 0.2) is 18.2 Å². The summed E-state index contributed by atoms with van der Waals surface area (Å²) in [5.41, 5.74) is 1.66. The van der Waals surface area contributed by atoms with Gasteiger partial charge in [0.2, 0.25) is 5.91 Å². The van der Waals surface area contributed by atoms with Gasteiger partial charge < -0.3 is 20.1 Å². The first-order valence-corrected chi connectivity index (χ1v) is 6.97. The number of aryl methyl sites for hydroxylation is 1. The first-order valence-electron chi connectivity index (χ1n) is 6.97. The third-order valence-electron chi connectivity index (χ3n) is 3.61. The number of amides is 1. The van der Waals surface area contributed by atoms with Gasteiger partial charge in [0.1, 0.15) is 5.75 Å². The van der Waals surface area contributed by atoms with Crippen molar-refractivity contribution >= 4 is 5.91 Å². The number of phenols is 1. The number of carbonyl (C=O) groups excluding carboxylic acids is 1. The third-order valence-corrected chi connectivity index (χ3v) is 3.61. The summed E-state index contributed by atoms with van der Waals surface area (Å²) in [6.07, 6.45) is 0. The molecule has 1 heterocycles. The topological polar surface area (TPSA) is 61.8 Å². The van der Waals surface area contributed by atoms with Crippen LogP contribution in [0.5, 0.6) is 5.75 Å². The first-order chi connectivity index (χ1) is 9.59. The summed E-state index contributed by atoms with van der Waals surface area (Å²) in [5, 5.41) is 13.1. The molecule has 1 aliphatic heterocycles. The van der Waals surface area contributed by atoms with Gasteiger partial charge in [0.25, 0.3) is 0 Å². The number of hydrogen-bond donors (Lipinski definition) is 2. The highest BCUT2D eigenvalue weighted by Gasteiger charge is 2.22. The first kappa shape index (κ1) is 14.8. The van der Waals surface area contributed by atoms with Gasteiger partial charge in [-0.3, -0.25) is 4.79 Å². The SMILES string of the molecule is Cc1cccc(CNC(C)C(=O)N2CCOCC2)c1O. The molecule has 1 saturated heterocycles. The normalized spacial score (nSPS) is 17.0. The molecule has 1 unspecified atom stereocenters. The second-order valence-corrected chi connectivity index (χ2v) is 5.12. The van der Waals surface area contributed by atoms with Crippen LogP contribution in [0.4, 0.5) is 0 Å². The number of rotatable bonds is 4. The molecule has 1 amide bonds. The number of ether oxygens (including phenoxy) is 1. The highest BCUT2D eigenvalue weighted by molar-refractivity contribution is 5.81. The highest BCUT2D eigenvalue weighted by atomic mass is 16.5. The minimum atomic E-state index is -0.270. The Morgan fingerprint density at radius 3 is 2.85 bits per heavy atom. The summed E-state index contributed by atoms with van der Waals surface area (Å²) in [7, 11) is 0. The van der Waals surface area contributed by atoms with E-state index in [-0.39, 0.29) is 11.9 Å². The number of carbonyl (C=O) groups is 1. The summed E-state index contributed by atoms with van der Waals surface area (Å²) in [5.74, 6) is 0.381. The minimum Gasteiger partial charge on any atom is -0.507 e. The summed E-state index contributed by atoms with van der Waals surface area (Å²) < 4.78 is 5.24. The van der Waals surface area contributed by atoms with Gasteiger partial charge in [-0.25, -0.2) is 0 Å². The number of phenolic OH excluding ortho intramolecular Hbond substituents is 1. The van der Waals surface area contributed by atoms with E-state index in [9.17, 15) is 9.90 Å². The van der Waals surface area contributed by atoms with Crippen molar-refractivity contribution in [2.45, 2.75) is 26.4 Å². The number of benzene rings is 1. The van der Waals surface area contributed by atoms with Crippen LogP contribution in [0.1, 0.15) is 18.1 Å². The fourth-order valence-electron chi connectivity index (χ4n) is 2.27. The monoisotopic (exact) mass is 278 g/mol. The van der Waals surface area contributed by atoms with Crippen LogP contribution in [0.25, 0.3) is 0 Å². The standard InChI is InChI=1S/C15H22N2O3/c1-11-4-3-5-13(14(11)18)10-16-12(2)15(19)17-6-8-20-9-7-17/h3-5,12,16,18H,6-10H2,1-2H3. The van der Waals surface area contributed by atoms with Crippen LogP contribution in [-0.2, 0) is 16.1 Å². The molecule has 110 valence electrons. The number of para-hydroxylation sites is 1. The lowest BCUT2D eigenvalue weighted by atomic mass is 10.1. The van der Waals surface area contributed by atoms with Crippen LogP contribution in [0.2, 0.25) is 0 Å². The summed E-state index contributed by atoms with van der Waals surface area (Å²) in [4.78, 5) is 14.0. The van der Waals surface area contributed by atoms with Gasteiger partial charge >= 0.3 is 0 Å². The molecule has 2 rings (SSSR count). The van der Waals surface area contributed by atoms with Gasteiger partial charge in [-0.2, -0.15) is 0 Å². The molecule has 0 aliphatic carbocycles. The van der Waals surface area contributed by atoms with Gasteiger partial charge in [-0.05, 0) is 19.4 Å². The lowest BCUT2D eigenvalue weighted by molar-refractivity contribution is -0.137. The Balaban J connectivity index is 1.89. The minimum absolute atomic E-state index is 0.0837. The Bertz CT molecular complexity index is 470. The molecule has 0 bridgehead atoms.